The number of hydrogen-bond acceptors (Lipinski definition) is 8. The highest BCUT2D eigenvalue weighted by atomic mass is 32.1. The highest BCUT2D eigenvalue weighted by molar-refractivity contribution is 7.16. The number of fused-ring (bicyclic) bond motifs is 2. The molecule has 0 spiro atoms. The summed E-state index contributed by atoms with van der Waals surface area (Å²) in [5.74, 6) is 1.13. The predicted molar refractivity (Wildman–Crippen MR) is 116 cm³/mol. The first kappa shape index (κ1) is 18.9. The first-order chi connectivity index (χ1) is 14.5. The molecule has 4 aromatic heterocycles. The van der Waals surface area contributed by atoms with Crippen molar-refractivity contribution in [1.29, 1.82) is 0 Å². The number of aromatic nitrogens is 4. The van der Waals surface area contributed by atoms with Gasteiger partial charge in [-0.2, -0.15) is 0 Å². The number of anilines is 1. The molecule has 1 aliphatic heterocycles. The van der Waals surface area contributed by atoms with Crippen LogP contribution in [0, 0.1) is 6.92 Å². The molecule has 8 nitrogen and oxygen atoms in total. The third kappa shape index (κ3) is 3.09. The Kier molecular flexibility index (Phi) is 4.62. The number of nitrogens with zero attached hydrogens (tertiary/aromatic N) is 6. The summed E-state index contributed by atoms with van der Waals surface area (Å²) in [6, 6.07) is 3.95. The zero-order valence-electron chi connectivity index (χ0n) is 17.1. The number of rotatable bonds is 3. The largest absolute Gasteiger partial charge is 0.352 e. The second-order valence-electron chi connectivity index (χ2n) is 7.81. The van der Waals surface area contributed by atoms with Crippen LogP contribution in [0.1, 0.15) is 41.5 Å². The summed E-state index contributed by atoms with van der Waals surface area (Å²) in [6.07, 6.45) is 1.61. The summed E-state index contributed by atoms with van der Waals surface area (Å²) in [5.41, 5.74) is 2.58. The van der Waals surface area contributed by atoms with Gasteiger partial charge < -0.3 is 14.3 Å². The van der Waals surface area contributed by atoms with Gasteiger partial charge in [-0.05, 0) is 30.4 Å². The van der Waals surface area contributed by atoms with E-state index >= 15 is 0 Å². The number of carbonyl (C=O) groups excluding carboxylic acids is 1. The van der Waals surface area contributed by atoms with Crippen molar-refractivity contribution in [3.8, 4) is 0 Å². The SMILES string of the molecule is Cc1noc2nc(C(C)C)cc(C(=O)N3CCN(c4ncnc5sccc45)CC3)c12. The monoisotopic (exact) mass is 422 g/mol. The molecular weight excluding hydrogens is 400 g/mol. The molecule has 0 bridgehead atoms. The van der Waals surface area contributed by atoms with Crippen LogP contribution in [0.15, 0.2) is 28.4 Å². The van der Waals surface area contributed by atoms with E-state index in [2.05, 4.69) is 44.9 Å². The lowest BCUT2D eigenvalue weighted by Crippen LogP contribution is -2.49. The maximum Gasteiger partial charge on any atom is 0.259 e. The fourth-order valence-electron chi connectivity index (χ4n) is 3.90. The van der Waals surface area contributed by atoms with Crippen LogP contribution in [-0.2, 0) is 0 Å². The summed E-state index contributed by atoms with van der Waals surface area (Å²) >= 11 is 1.61. The predicted octanol–water partition coefficient (Wildman–Crippen LogP) is 3.62. The Bertz CT molecular complexity index is 1240. The van der Waals surface area contributed by atoms with E-state index in [1.165, 1.54) is 0 Å². The van der Waals surface area contributed by atoms with Gasteiger partial charge >= 0.3 is 0 Å². The van der Waals surface area contributed by atoms with E-state index in [4.69, 9.17) is 4.52 Å². The van der Waals surface area contributed by atoms with Gasteiger partial charge in [0.05, 0.1) is 22.0 Å². The fraction of sp³-hybridized carbons (Fsp3) is 0.381. The number of amides is 1. The minimum absolute atomic E-state index is 0.00128. The summed E-state index contributed by atoms with van der Waals surface area (Å²) in [6.45, 7) is 8.65. The Balaban J connectivity index is 1.41. The number of hydrogen-bond donors (Lipinski definition) is 0. The third-order valence-electron chi connectivity index (χ3n) is 5.57. The van der Waals surface area contributed by atoms with Gasteiger partial charge in [-0.15, -0.1) is 11.3 Å². The van der Waals surface area contributed by atoms with Crippen molar-refractivity contribution in [1.82, 2.24) is 25.0 Å². The molecule has 0 aromatic carbocycles. The lowest BCUT2D eigenvalue weighted by atomic mass is 10.0. The standard InChI is InChI=1S/C21H22N6O2S/c1-12(2)16-10-15(17-13(3)25-29-19(17)24-16)21(28)27-7-5-26(6-8-27)18-14-4-9-30-20(14)23-11-22-18/h4,9-12H,5-8H2,1-3H3. The molecule has 5 rings (SSSR count). The Morgan fingerprint density at radius 2 is 2.00 bits per heavy atom. The number of aryl methyl sites for hydroxylation is 1. The normalized spacial score (nSPS) is 14.9. The van der Waals surface area contributed by atoms with E-state index in [9.17, 15) is 4.79 Å². The van der Waals surface area contributed by atoms with E-state index in [-0.39, 0.29) is 11.8 Å². The van der Waals surface area contributed by atoms with E-state index < -0.39 is 0 Å². The summed E-state index contributed by atoms with van der Waals surface area (Å²) in [5, 5.41) is 7.84. The van der Waals surface area contributed by atoms with Crippen LogP contribution in [-0.4, -0.2) is 57.1 Å². The van der Waals surface area contributed by atoms with Crippen molar-refractivity contribution < 1.29 is 9.32 Å². The second kappa shape index (κ2) is 7.32. The zero-order valence-corrected chi connectivity index (χ0v) is 17.9. The number of piperazine rings is 1. The average Bonchev–Trinajstić information content (AvgIpc) is 3.39. The molecule has 1 saturated heterocycles. The zero-order chi connectivity index (χ0) is 20.8. The van der Waals surface area contributed by atoms with Crippen LogP contribution in [0.25, 0.3) is 21.3 Å². The number of pyridine rings is 1. The molecule has 1 fully saturated rings. The topological polar surface area (TPSA) is 88.3 Å². The summed E-state index contributed by atoms with van der Waals surface area (Å²) in [4.78, 5) is 31.9. The van der Waals surface area contributed by atoms with Gasteiger partial charge in [0, 0.05) is 31.9 Å². The lowest BCUT2D eigenvalue weighted by molar-refractivity contribution is 0.0748. The molecule has 154 valence electrons. The highest BCUT2D eigenvalue weighted by Crippen LogP contribution is 2.29. The van der Waals surface area contributed by atoms with Crippen molar-refractivity contribution in [2.45, 2.75) is 26.7 Å². The van der Waals surface area contributed by atoms with Gasteiger partial charge in [0.1, 0.15) is 17.0 Å². The number of carbonyl (C=O) groups is 1. The Hall–Kier alpha value is -3.07. The molecule has 1 amide bonds. The molecule has 0 aliphatic carbocycles. The molecule has 0 unspecified atom stereocenters. The van der Waals surface area contributed by atoms with Crippen molar-refractivity contribution >= 4 is 44.4 Å². The third-order valence-corrected chi connectivity index (χ3v) is 6.39. The smallest absolute Gasteiger partial charge is 0.259 e. The number of thiophene rings is 1. The van der Waals surface area contributed by atoms with Crippen molar-refractivity contribution in [2.75, 3.05) is 31.1 Å². The fourth-order valence-corrected chi connectivity index (χ4v) is 4.63. The van der Waals surface area contributed by atoms with E-state index in [0.29, 0.717) is 35.4 Å². The molecule has 0 radical (unpaired) electrons. The summed E-state index contributed by atoms with van der Waals surface area (Å²) < 4.78 is 5.37. The van der Waals surface area contributed by atoms with Gasteiger partial charge in [0.15, 0.2) is 0 Å². The van der Waals surface area contributed by atoms with E-state index in [0.717, 1.165) is 34.8 Å². The maximum absolute atomic E-state index is 13.4. The molecule has 4 aromatic rings. The summed E-state index contributed by atoms with van der Waals surface area (Å²) in [7, 11) is 0. The maximum atomic E-state index is 13.4. The molecule has 1 aliphatic rings. The minimum Gasteiger partial charge on any atom is -0.352 e. The Labute approximate surface area is 177 Å². The molecule has 30 heavy (non-hydrogen) atoms. The van der Waals surface area contributed by atoms with Crippen molar-refractivity contribution in [3.63, 3.8) is 0 Å². The van der Waals surface area contributed by atoms with Gasteiger partial charge in [-0.3, -0.25) is 4.79 Å². The molecular formula is C21H22N6O2S. The van der Waals surface area contributed by atoms with Crippen LogP contribution >= 0.6 is 11.3 Å². The molecule has 0 saturated carbocycles. The lowest BCUT2D eigenvalue weighted by Gasteiger charge is -2.35. The second-order valence-corrected chi connectivity index (χ2v) is 8.71. The minimum atomic E-state index is -0.00128. The molecule has 0 atom stereocenters. The van der Waals surface area contributed by atoms with E-state index in [1.54, 1.807) is 17.7 Å². The Morgan fingerprint density at radius 1 is 1.20 bits per heavy atom. The first-order valence-electron chi connectivity index (χ1n) is 10.0. The van der Waals surface area contributed by atoms with Crippen LogP contribution in [0.2, 0.25) is 0 Å². The Morgan fingerprint density at radius 3 is 2.77 bits per heavy atom. The average molecular weight is 423 g/mol. The molecule has 0 N–H and O–H groups in total. The van der Waals surface area contributed by atoms with Crippen LogP contribution < -0.4 is 4.90 Å². The van der Waals surface area contributed by atoms with Gasteiger partial charge in [-0.25, -0.2) is 15.0 Å². The van der Waals surface area contributed by atoms with Gasteiger partial charge in [-0.1, -0.05) is 19.0 Å². The van der Waals surface area contributed by atoms with Gasteiger partial charge in [0.25, 0.3) is 11.6 Å². The van der Waals surface area contributed by atoms with Crippen molar-refractivity contribution in [3.05, 3.63) is 40.8 Å². The first-order valence-corrected chi connectivity index (χ1v) is 10.9. The van der Waals surface area contributed by atoms with Crippen LogP contribution in [0.5, 0.6) is 0 Å². The van der Waals surface area contributed by atoms with Crippen molar-refractivity contribution in [2.24, 2.45) is 0 Å². The highest BCUT2D eigenvalue weighted by Gasteiger charge is 2.27. The molecule has 5 heterocycles. The van der Waals surface area contributed by atoms with Crippen LogP contribution in [0.3, 0.4) is 0 Å². The van der Waals surface area contributed by atoms with E-state index in [1.807, 2.05) is 23.3 Å². The van der Waals surface area contributed by atoms with Crippen LogP contribution in [0.4, 0.5) is 5.82 Å². The molecule has 9 heteroatoms. The van der Waals surface area contributed by atoms with Gasteiger partial charge in [0.2, 0.25) is 0 Å². The quantitative estimate of drug-likeness (QED) is 0.498.